The standard InChI is InChI=1S/C25H25N3O7/c1-28(2)19-13-9-10-8-12-11(14-4-3-7-27-14)5-6-15(29)17(12)20(30)16(10)22(32)25(13,35)23(33)18(21(19)31)24(26)34/h3-7,10,13,19,27,29-30,33,35H,8-9H2,1-2H3,(H2,26,34)/t10-,13-,19-,25-/m0/s1. The molecule has 1 aromatic heterocycles. The van der Waals surface area contributed by atoms with Crippen LogP contribution < -0.4 is 5.73 Å². The van der Waals surface area contributed by atoms with Gasteiger partial charge in [0.05, 0.1) is 11.6 Å². The maximum absolute atomic E-state index is 13.8. The van der Waals surface area contributed by atoms with E-state index in [-0.39, 0.29) is 29.7 Å². The monoisotopic (exact) mass is 479 g/mol. The topological polar surface area (TPSA) is 177 Å². The number of phenolic OH excluding ortho intramolecular Hbond substituents is 1. The van der Waals surface area contributed by atoms with Gasteiger partial charge < -0.3 is 31.1 Å². The van der Waals surface area contributed by atoms with Crippen molar-refractivity contribution in [2.45, 2.75) is 24.5 Å². The second-order valence-electron chi connectivity index (χ2n) is 9.53. The fraction of sp³-hybridized carbons (Fsp3) is 0.320. The van der Waals surface area contributed by atoms with E-state index in [2.05, 4.69) is 4.98 Å². The highest BCUT2D eigenvalue weighted by Crippen LogP contribution is 2.53. The third-order valence-corrected chi connectivity index (χ3v) is 7.49. The number of hydrogen-bond acceptors (Lipinski definition) is 8. The number of fused-ring (bicyclic) bond motifs is 3. The van der Waals surface area contributed by atoms with Crippen LogP contribution in [0, 0.1) is 11.8 Å². The van der Waals surface area contributed by atoms with E-state index in [0.29, 0.717) is 5.56 Å². The average Bonchev–Trinajstić information content (AvgIpc) is 3.30. The Morgan fingerprint density at radius 3 is 2.49 bits per heavy atom. The van der Waals surface area contributed by atoms with E-state index in [9.17, 15) is 34.8 Å². The van der Waals surface area contributed by atoms with E-state index < -0.39 is 58.0 Å². The summed E-state index contributed by atoms with van der Waals surface area (Å²) in [7, 11) is 3.13. The second kappa shape index (κ2) is 7.56. The molecule has 0 aliphatic heterocycles. The molecular formula is C25H25N3O7. The Kier molecular flexibility index (Phi) is 4.94. The van der Waals surface area contributed by atoms with Crippen molar-refractivity contribution in [1.82, 2.24) is 9.88 Å². The highest BCUT2D eigenvalue weighted by atomic mass is 16.3. The summed E-state index contributed by atoms with van der Waals surface area (Å²) in [5.74, 6) is -6.64. The van der Waals surface area contributed by atoms with Gasteiger partial charge in [-0.1, -0.05) is 0 Å². The number of hydrogen-bond donors (Lipinski definition) is 6. The summed E-state index contributed by atoms with van der Waals surface area (Å²) in [5, 5.41) is 44.3. The van der Waals surface area contributed by atoms with Gasteiger partial charge in [0.15, 0.2) is 11.4 Å². The molecule has 3 aliphatic carbocycles. The lowest BCUT2D eigenvalue weighted by Crippen LogP contribution is -2.65. The van der Waals surface area contributed by atoms with Gasteiger partial charge in [-0.05, 0) is 62.7 Å². The van der Waals surface area contributed by atoms with Gasteiger partial charge in [-0.25, -0.2) is 0 Å². The number of nitrogens with zero attached hydrogens (tertiary/aromatic N) is 1. The summed E-state index contributed by atoms with van der Waals surface area (Å²) in [5.41, 5.74) is 3.83. The first-order valence-electron chi connectivity index (χ1n) is 11.1. The van der Waals surface area contributed by atoms with Gasteiger partial charge in [0.1, 0.15) is 22.8 Å². The number of nitrogens with one attached hydrogen (secondary N) is 1. The predicted octanol–water partition coefficient (Wildman–Crippen LogP) is 0.959. The molecule has 2 aromatic rings. The predicted molar refractivity (Wildman–Crippen MR) is 124 cm³/mol. The first-order chi connectivity index (χ1) is 16.5. The number of rotatable bonds is 3. The number of aromatic amines is 1. The van der Waals surface area contributed by atoms with Crippen molar-refractivity contribution in [3.63, 3.8) is 0 Å². The number of primary amides is 1. The van der Waals surface area contributed by atoms with Gasteiger partial charge in [0.25, 0.3) is 5.91 Å². The Morgan fingerprint density at radius 2 is 1.89 bits per heavy atom. The number of benzene rings is 1. The van der Waals surface area contributed by atoms with E-state index in [1.165, 1.54) is 11.0 Å². The smallest absolute Gasteiger partial charge is 0.255 e. The Balaban J connectivity index is 1.75. The van der Waals surface area contributed by atoms with Gasteiger partial charge in [-0.2, -0.15) is 0 Å². The molecule has 1 amide bonds. The quantitative estimate of drug-likeness (QED) is 0.353. The molecule has 0 spiro atoms. The van der Waals surface area contributed by atoms with Gasteiger partial charge in [-0.3, -0.25) is 19.3 Å². The lowest BCUT2D eigenvalue weighted by molar-refractivity contribution is -0.153. The number of ketones is 2. The SMILES string of the molecule is CN(C)[C@@H]1C(=O)C(C(N)=O)=C(O)[C@@]2(O)C(=O)C3=C(O)c4c(O)ccc(-c5ccc[nH]5)c4C[C@H]3C[C@@H]12. The first-order valence-corrected chi connectivity index (χ1v) is 11.1. The molecule has 0 radical (unpaired) electrons. The van der Waals surface area contributed by atoms with Crippen molar-refractivity contribution in [2.75, 3.05) is 14.1 Å². The maximum Gasteiger partial charge on any atom is 0.255 e. The van der Waals surface area contributed by atoms with Crippen molar-refractivity contribution in [3.8, 4) is 17.0 Å². The van der Waals surface area contributed by atoms with Crippen LogP contribution in [-0.2, 0) is 20.8 Å². The summed E-state index contributed by atoms with van der Waals surface area (Å²) >= 11 is 0. The third kappa shape index (κ3) is 2.93. The Hall–Kier alpha value is -3.89. The minimum atomic E-state index is -2.64. The Labute approximate surface area is 200 Å². The summed E-state index contributed by atoms with van der Waals surface area (Å²) in [6.45, 7) is 0. The zero-order valence-corrected chi connectivity index (χ0v) is 19.1. The van der Waals surface area contributed by atoms with Crippen LogP contribution in [-0.4, -0.2) is 73.5 Å². The minimum absolute atomic E-state index is 0.0472. The van der Waals surface area contributed by atoms with Crippen molar-refractivity contribution in [3.05, 3.63) is 58.5 Å². The average molecular weight is 479 g/mol. The van der Waals surface area contributed by atoms with Gasteiger partial charge >= 0.3 is 0 Å². The molecule has 1 saturated carbocycles. The highest BCUT2D eigenvalue weighted by molar-refractivity contribution is 6.24. The molecule has 1 fully saturated rings. The largest absolute Gasteiger partial charge is 0.508 e. The number of carbonyl (C=O) groups is 3. The van der Waals surface area contributed by atoms with Crippen molar-refractivity contribution >= 4 is 23.2 Å². The van der Waals surface area contributed by atoms with Crippen LogP contribution in [0.4, 0.5) is 0 Å². The fourth-order valence-corrected chi connectivity index (χ4v) is 5.99. The third-order valence-electron chi connectivity index (χ3n) is 7.49. The number of carbonyl (C=O) groups excluding carboxylic acids is 3. The summed E-state index contributed by atoms with van der Waals surface area (Å²) in [6, 6.07) is 5.65. The number of likely N-dealkylation sites (N-methyl/N-ethyl adjacent to an activating group) is 1. The maximum atomic E-state index is 13.8. The number of amides is 1. The minimum Gasteiger partial charge on any atom is -0.508 e. The molecule has 10 heteroatoms. The molecule has 35 heavy (non-hydrogen) atoms. The number of nitrogens with two attached hydrogens (primary N) is 1. The van der Waals surface area contributed by atoms with E-state index in [0.717, 1.165) is 11.3 Å². The fourth-order valence-electron chi connectivity index (χ4n) is 5.99. The number of aliphatic hydroxyl groups excluding tert-OH is 2. The van der Waals surface area contributed by atoms with Crippen LogP contribution in [0.25, 0.3) is 17.0 Å². The van der Waals surface area contributed by atoms with Crippen molar-refractivity contribution in [2.24, 2.45) is 17.6 Å². The molecule has 1 aromatic carbocycles. The van der Waals surface area contributed by atoms with E-state index >= 15 is 0 Å². The van der Waals surface area contributed by atoms with Crippen LogP contribution in [0.3, 0.4) is 0 Å². The lowest BCUT2D eigenvalue weighted by atomic mass is 9.57. The molecule has 1 heterocycles. The Bertz CT molecular complexity index is 1360. The first kappa shape index (κ1) is 22.9. The number of H-pyrrole nitrogens is 1. The molecule has 0 unspecified atom stereocenters. The van der Waals surface area contributed by atoms with Crippen molar-refractivity contribution < 1.29 is 34.8 Å². The molecule has 7 N–H and O–H groups in total. The zero-order chi connectivity index (χ0) is 25.4. The molecule has 182 valence electrons. The molecule has 5 rings (SSSR count). The van der Waals surface area contributed by atoms with Crippen LogP contribution in [0.15, 0.2) is 47.4 Å². The number of aromatic nitrogens is 1. The number of aliphatic hydroxyl groups is 3. The van der Waals surface area contributed by atoms with Gasteiger partial charge in [-0.15, -0.1) is 0 Å². The Morgan fingerprint density at radius 1 is 1.17 bits per heavy atom. The molecule has 4 atom stereocenters. The number of Topliss-reactive ketones (excluding diaryl/α,β-unsaturated/α-hetero) is 2. The van der Waals surface area contributed by atoms with Crippen LogP contribution in [0.5, 0.6) is 5.75 Å². The normalized spacial score (nSPS) is 28.2. The highest BCUT2D eigenvalue weighted by Gasteiger charge is 2.64. The zero-order valence-electron chi connectivity index (χ0n) is 19.1. The summed E-state index contributed by atoms with van der Waals surface area (Å²) < 4.78 is 0. The van der Waals surface area contributed by atoms with Gasteiger partial charge in [0, 0.05) is 28.9 Å². The second-order valence-corrected chi connectivity index (χ2v) is 9.53. The van der Waals surface area contributed by atoms with E-state index in [1.54, 1.807) is 26.4 Å². The van der Waals surface area contributed by atoms with Crippen LogP contribution >= 0.6 is 0 Å². The van der Waals surface area contributed by atoms with Gasteiger partial charge in [0.2, 0.25) is 5.78 Å². The van der Waals surface area contributed by atoms with E-state index in [4.69, 9.17) is 5.73 Å². The molecule has 0 bridgehead atoms. The molecule has 0 saturated heterocycles. The molecule has 3 aliphatic rings. The summed E-state index contributed by atoms with van der Waals surface area (Å²) in [4.78, 5) is 43.5. The van der Waals surface area contributed by atoms with Crippen molar-refractivity contribution in [1.29, 1.82) is 0 Å². The van der Waals surface area contributed by atoms with Crippen LogP contribution in [0.2, 0.25) is 0 Å². The summed E-state index contributed by atoms with van der Waals surface area (Å²) in [6.07, 6.45) is 2.02. The number of aromatic hydroxyl groups is 1. The number of phenols is 1. The lowest BCUT2D eigenvalue weighted by Gasteiger charge is -2.50. The van der Waals surface area contributed by atoms with E-state index in [1.807, 2.05) is 12.1 Å². The van der Waals surface area contributed by atoms with Crippen LogP contribution in [0.1, 0.15) is 17.5 Å². The molecular weight excluding hydrogens is 454 g/mol. The molecule has 10 nitrogen and oxygen atoms in total.